The maximum absolute atomic E-state index is 13.2. The fourth-order valence-corrected chi connectivity index (χ4v) is 3.80. The normalized spacial score (nSPS) is 21.8. The Balaban J connectivity index is 1.89. The summed E-state index contributed by atoms with van der Waals surface area (Å²) in [6, 6.07) is 6.09. The molecule has 2 aliphatic heterocycles. The highest BCUT2D eigenvalue weighted by Crippen LogP contribution is 2.38. The molecule has 2 fully saturated rings. The van der Waals surface area contributed by atoms with Gasteiger partial charge in [-0.05, 0) is 19.1 Å². The van der Waals surface area contributed by atoms with Crippen LogP contribution in [0.3, 0.4) is 0 Å². The first kappa shape index (κ1) is 18.4. The van der Waals surface area contributed by atoms with E-state index in [9.17, 15) is 19.5 Å². The van der Waals surface area contributed by atoms with Crippen molar-refractivity contribution in [3.63, 3.8) is 0 Å². The summed E-state index contributed by atoms with van der Waals surface area (Å²) in [4.78, 5) is 39.9. The Morgan fingerprint density at radius 3 is 2.54 bits per heavy atom. The van der Waals surface area contributed by atoms with Crippen molar-refractivity contribution in [1.29, 1.82) is 0 Å². The summed E-state index contributed by atoms with van der Waals surface area (Å²) in [5.74, 6) is -1.35. The molecule has 0 saturated carbocycles. The predicted octanol–water partition coefficient (Wildman–Crippen LogP) is 1.65. The molecule has 0 radical (unpaired) electrons. The molecule has 7 heteroatoms. The van der Waals surface area contributed by atoms with Gasteiger partial charge in [0.1, 0.15) is 5.72 Å². The maximum atomic E-state index is 13.2. The van der Waals surface area contributed by atoms with Crippen LogP contribution >= 0.6 is 0 Å². The number of aliphatic carboxylic acids is 1. The number of hydrogen-bond acceptors (Lipinski definition) is 4. The van der Waals surface area contributed by atoms with Crippen LogP contribution in [0.15, 0.2) is 24.3 Å². The second-order valence-corrected chi connectivity index (χ2v) is 6.89. The quantitative estimate of drug-likeness (QED) is 0.886. The van der Waals surface area contributed by atoms with Gasteiger partial charge in [-0.2, -0.15) is 0 Å². The molecule has 26 heavy (non-hydrogen) atoms. The first-order chi connectivity index (χ1) is 12.4. The van der Waals surface area contributed by atoms with Crippen LogP contribution in [0.1, 0.15) is 42.1 Å². The molecule has 1 spiro atoms. The van der Waals surface area contributed by atoms with Crippen LogP contribution in [0.5, 0.6) is 0 Å². The number of ether oxygens (including phenoxy) is 1. The standard InChI is InChI=1S/C19H24N2O5/c1-3-16(22)20-9-7-19(8-10-20)21(15(12-26-19)18(24)25)17(23)14-6-4-5-13(2)11-14/h4-6,11,15H,3,7-10,12H2,1-2H3,(H,24,25). The number of likely N-dealkylation sites (tertiary alicyclic amines) is 1. The minimum atomic E-state index is -1.07. The number of carboxylic acids is 1. The monoisotopic (exact) mass is 360 g/mol. The van der Waals surface area contributed by atoms with Crippen LogP contribution in [0, 0.1) is 6.92 Å². The van der Waals surface area contributed by atoms with Gasteiger partial charge in [-0.25, -0.2) is 4.79 Å². The topological polar surface area (TPSA) is 87.2 Å². The molecule has 3 rings (SSSR count). The molecule has 2 amide bonds. The van der Waals surface area contributed by atoms with Gasteiger partial charge >= 0.3 is 5.97 Å². The highest BCUT2D eigenvalue weighted by atomic mass is 16.5. The fraction of sp³-hybridized carbons (Fsp3) is 0.526. The minimum absolute atomic E-state index is 0.0331. The van der Waals surface area contributed by atoms with E-state index in [-0.39, 0.29) is 18.4 Å². The molecule has 2 aliphatic rings. The summed E-state index contributed by atoms with van der Waals surface area (Å²) in [6.07, 6.45) is 1.26. The van der Waals surface area contributed by atoms with Crippen molar-refractivity contribution in [3.8, 4) is 0 Å². The molecule has 140 valence electrons. The molecule has 1 aromatic rings. The average molecular weight is 360 g/mol. The summed E-state index contributed by atoms with van der Waals surface area (Å²) >= 11 is 0. The lowest BCUT2D eigenvalue weighted by molar-refractivity contribution is -0.147. The van der Waals surface area contributed by atoms with Crippen molar-refractivity contribution < 1.29 is 24.2 Å². The molecule has 0 bridgehead atoms. The molecule has 0 aliphatic carbocycles. The van der Waals surface area contributed by atoms with Crippen molar-refractivity contribution in [2.45, 2.75) is 44.9 Å². The van der Waals surface area contributed by atoms with Crippen LogP contribution < -0.4 is 0 Å². The van der Waals surface area contributed by atoms with E-state index >= 15 is 0 Å². The highest BCUT2D eigenvalue weighted by molar-refractivity contribution is 5.97. The van der Waals surface area contributed by atoms with Gasteiger partial charge in [0.15, 0.2) is 6.04 Å². The third-order valence-electron chi connectivity index (χ3n) is 5.23. The number of hydrogen-bond donors (Lipinski definition) is 1. The van der Waals surface area contributed by atoms with E-state index in [1.807, 2.05) is 19.9 Å². The Bertz CT molecular complexity index is 724. The van der Waals surface area contributed by atoms with Gasteiger partial charge in [0.2, 0.25) is 5.91 Å². The van der Waals surface area contributed by atoms with E-state index in [1.54, 1.807) is 23.1 Å². The summed E-state index contributed by atoms with van der Waals surface area (Å²) in [7, 11) is 0. The predicted molar refractivity (Wildman–Crippen MR) is 93.6 cm³/mol. The zero-order chi connectivity index (χ0) is 18.9. The van der Waals surface area contributed by atoms with Gasteiger partial charge in [0, 0.05) is 37.9 Å². The number of amides is 2. The summed E-state index contributed by atoms with van der Waals surface area (Å²) in [5.41, 5.74) is 0.419. The Hall–Kier alpha value is -2.41. The lowest BCUT2D eigenvalue weighted by Gasteiger charge is -2.44. The summed E-state index contributed by atoms with van der Waals surface area (Å²) in [6.45, 7) is 4.57. The molecular formula is C19H24N2O5. The van der Waals surface area contributed by atoms with Crippen molar-refractivity contribution in [2.24, 2.45) is 0 Å². The molecule has 2 saturated heterocycles. The Morgan fingerprint density at radius 2 is 1.96 bits per heavy atom. The van der Waals surface area contributed by atoms with Crippen molar-refractivity contribution in [3.05, 3.63) is 35.4 Å². The smallest absolute Gasteiger partial charge is 0.328 e. The number of nitrogens with zero attached hydrogens (tertiary/aromatic N) is 2. The minimum Gasteiger partial charge on any atom is -0.480 e. The van der Waals surface area contributed by atoms with E-state index in [0.717, 1.165) is 5.56 Å². The first-order valence-electron chi connectivity index (χ1n) is 8.93. The molecule has 1 N–H and O–H groups in total. The SMILES string of the molecule is CCC(=O)N1CCC2(CC1)OCC(C(=O)O)N2C(=O)c1cccc(C)c1. The van der Waals surface area contributed by atoms with E-state index in [0.29, 0.717) is 37.9 Å². The maximum Gasteiger partial charge on any atom is 0.328 e. The molecule has 7 nitrogen and oxygen atoms in total. The van der Waals surface area contributed by atoms with E-state index in [2.05, 4.69) is 0 Å². The molecule has 2 heterocycles. The Morgan fingerprint density at radius 1 is 1.27 bits per heavy atom. The average Bonchev–Trinajstić information content (AvgIpc) is 3.00. The highest BCUT2D eigenvalue weighted by Gasteiger charge is 2.54. The van der Waals surface area contributed by atoms with Gasteiger partial charge in [0.25, 0.3) is 5.91 Å². The lowest BCUT2D eigenvalue weighted by atomic mass is 9.96. The third-order valence-corrected chi connectivity index (χ3v) is 5.23. The largest absolute Gasteiger partial charge is 0.480 e. The number of rotatable bonds is 3. The molecular weight excluding hydrogens is 336 g/mol. The number of carboxylic acid groups (broad SMARTS) is 1. The van der Waals surface area contributed by atoms with Crippen LogP contribution in [-0.2, 0) is 14.3 Å². The van der Waals surface area contributed by atoms with Crippen molar-refractivity contribution in [2.75, 3.05) is 19.7 Å². The Labute approximate surface area is 152 Å². The molecule has 1 atom stereocenters. The molecule has 0 aromatic heterocycles. The van der Waals surface area contributed by atoms with Crippen LogP contribution in [-0.4, -0.2) is 64.2 Å². The summed E-state index contributed by atoms with van der Waals surface area (Å²) < 4.78 is 5.89. The van der Waals surface area contributed by atoms with E-state index < -0.39 is 17.7 Å². The Kier molecular flexibility index (Phi) is 5.00. The molecule has 1 unspecified atom stereocenters. The van der Waals surface area contributed by atoms with Gasteiger partial charge in [-0.3, -0.25) is 14.5 Å². The number of carbonyl (C=O) groups is 3. The van der Waals surface area contributed by atoms with Crippen LogP contribution in [0.4, 0.5) is 0 Å². The van der Waals surface area contributed by atoms with Crippen LogP contribution in [0.2, 0.25) is 0 Å². The second-order valence-electron chi connectivity index (χ2n) is 6.89. The zero-order valence-corrected chi connectivity index (χ0v) is 15.1. The summed E-state index contributed by atoms with van der Waals surface area (Å²) in [5, 5.41) is 9.59. The number of benzene rings is 1. The zero-order valence-electron chi connectivity index (χ0n) is 15.1. The van der Waals surface area contributed by atoms with E-state index in [1.165, 1.54) is 4.90 Å². The fourth-order valence-electron chi connectivity index (χ4n) is 3.80. The van der Waals surface area contributed by atoms with Gasteiger partial charge in [-0.1, -0.05) is 24.6 Å². The van der Waals surface area contributed by atoms with Crippen molar-refractivity contribution in [1.82, 2.24) is 9.80 Å². The van der Waals surface area contributed by atoms with Crippen molar-refractivity contribution >= 4 is 17.8 Å². The van der Waals surface area contributed by atoms with Gasteiger partial charge in [0.05, 0.1) is 6.61 Å². The lowest BCUT2D eigenvalue weighted by Crippen LogP contribution is -2.58. The number of piperidine rings is 1. The first-order valence-corrected chi connectivity index (χ1v) is 8.93. The third kappa shape index (κ3) is 3.19. The number of aryl methyl sites for hydroxylation is 1. The molecule has 1 aromatic carbocycles. The van der Waals surface area contributed by atoms with E-state index in [4.69, 9.17) is 4.74 Å². The van der Waals surface area contributed by atoms with Crippen LogP contribution in [0.25, 0.3) is 0 Å². The number of carbonyl (C=O) groups excluding carboxylic acids is 2. The second kappa shape index (κ2) is 7.07. The van der Waals surface area contributed by atoms with Gasteiger partial charge < -0.3 is 14.7 Å². The van der Waals surface area contributed by atoms with Gasteiger partial charge in [-0.15, -0.1) is 0 Å².